The van der Waals surface area contributed by atoms with Crippen LogP contribution in [0.1, 0.15) is 17.5 Å². The van der Waals surface area contributed by atoms with Gasteiger partial charge in [0.25, 0.3) is 0 Å². The molecule has 3 nitrogen and oxygen atoms in total. The van der Waals surface area contributed by atoms with Crippen molar-refractivity contribution in [2.45, 2.75) is 19.8 Å². The normalized spacial score (nSPS) is 17.9. The zero-order valence-corrected chi connectivity index (χ0v) is 12.7. The number of aryl methyl sites for hydroxylation is 2. The fourth-order valence-corrected chi connectivity index (χ4v) is 3.06. The molecule has 3 rings (SSSR count). The molecular formula is C17H25N3. The number of benzene rings is 1. The van der Waals surface area contributed by atoms with Gasteiger partial charge in [-0.3, -0.25) is 0 Å². The molecule has 20 heavy (non-hydrogen) atoms. The number of hydrogen-bond acceptors (Lipinski definition) is 2. The molecule has 0 saturated carbocycles. The third-order valence-corrected chi connectivity index (χ3v) is 4.44. The minimum atomic E-state index is 1.18. The van der Waals surface area contributed by atoms with Crippen molar-refractivity contribution in [3.63, 3.8) is 0 Å². The Kier molecular flexibility index (Phi) is 4.08. The molecule has 1 aromatic heterocycles. The Morgan fingerprint density at radius 1 is 1.15 bits per heavy atom. The average molecular weight is 271 g/mol. The topological polar surface area (TPSA) is 22.3 Å². The van der Waals surface area contributed by atoms with Crippen molar-refractivity contribution in [1.82, 2.24) is 14.8 Å². The van der Waals surface area contributed by atoms with E-state index in [1.807, 2.05) is 0 Å². The summed E-state index contributed by atoms with van der Waals surface area (Å²) in [5.74, 6) is 0. The first-order valence-corrected chi connectivity index (χ1v) is 7.70. The van der Waals surface area contributed by atoms with E-state index in [-0.39, 0.29) is 0 Å². The maximum absolute atomic E-state index is 3.39. The summed E-state index contributed by atoms with van der Waals surface area (Å²) in [6.45, 7) is 8.28. The third kappa shape index (κ3) is 3.05. The molecule has 0 atom stereocenters. The Morgan fingerprint density at radius 2 is 1.95 bits per heavy atom. The first-order valence-electron chi connectivity index (χ1n) is 7.70. The number of fused-ring (bicyclic) bond motifs is 1. The van der Waals surface area contributed by atoms with Gasteiger partial charge in [0.1, 0.15) is 0 Å². The van der Waals surface area contributed by atoms with Crippen LogP contribution in [0.3, 0.4) is 0 Å². The predicted molar refractivity (Wildman–Crippen MR) is 85.3 cm³/mol. The summed E-state index contributed by atoms with van der Waals surface area (Å²) in [7, 11) is 2.21. The van der Waals surface area contributed by atoms with Gasteiger partial charge >= 0.3 is 0 Å². The van der Waals surface area contributed by atoms with Crippen molar-refractivity contribution in [3.8, 4) is 0 Å². The third-order valence-electron chi connectivity index (χ3n) is 4.44. The largest absolute Gasteiger partial charge is 0.361 e. The highest BCUT2D eigenvalue weighted by molar-refractivity contribution is 5.83. The quantitative estimate of drug-likeness (QED) is 0.923. The number of H-pyrrole nitrogens is 1. The molecule has 0 unspecified atom stereocenters. The SMILES string of the molecule is Cc1ccc2[nH]cc(CCCN3CCN(C)CC3)c2c1. The number of rotatable bonds is 4. The first kappa shape index (κ1) is 13.7. The van der Waals surface area contributed by atoms with Crippen LogP contribution in [0, 0.1) is 6.92 Å². The van der Waals surface area contributed by atoms with Crippen molar-refractivity contribution in [1.29, 1.82) is 0 Å². The van der Waals surface area contributed by atoms with Gasteiger partial charge in [0, 0.05) is 43.3 Å². The number of nitrogens with one attached hydrogen (secondary N) is 1. The van der Waals surface area contributed by atoms with Gasteiger partial charge in [-0.1, -0.05) is 11.6 Å². The van der Waals surface area contributed by atoms with Gasteiger partial charge < -0.3 is 14.8 Å². The van der Waals surface area contributed by atoms with E-state index in [0.717, 1.165) is 0 Å². The molecule has 0 radical (unpaired) electrons. The lowest BCUT2D eigenvalue weighted by molar-refractivity contribution is 0.153. The second-order valence-electron chi connectivity index (χ2n) is 6.11. The molecule has 1 fully saturated rings. The molecule has 2 heterocycles. The van der Waals surface area contributed by atoms with Gasteiger partial charge in [-0.2, -0.15) is 0 Å². The zero-order chi connectivity index (χ0) is 13.9. The fraction of sp³-hybridized carbons (Fsp3) is 0.529. The van der Waals surface area contributed by atoms with E-state index in [9.17, 15) is 0 Å². The van der Waals surface area contributed by atoms with Gasteiger partial charge in [0.15, 0.2) is 0 Å². The minimum absolute atomic E-state index is 1.18. The molecule has 0 aliphatic carbocycles. The molecule has 1 N–H and O–H groups in total. The molecule has 1 aliphatic heterocycles. The van der Waals surface area contributed by atoms with E-state index in [0.29, 0.717) is 0 Å². The summed E-state index contributed by atoms with van der Waals surface area (Å²) in [6, 6.07) is 6.67. The second kappa shape index (κ2) is 5.98. The van der Waals surface area contributed by atoms with Crippen LogP contribution < -0.4 is 0 Å². The van der Waals surface area contributed by atoms with Crippen molar-refractivity contribution in [2.24, 2.45) is 0 Å². The van der Waals surface area contributed by atoms with Crippen LogP contribution in [0.5, 0.6) is 0 Å². The number of aromatic amines is 1. The van der Waals surface area contributed by atoms with E-state index in [2.05, 4.69) is 53.2 Å². The lowest BCUT2D eigenvalue weighted by Crippen LogP contribution is -2.44. The molecule has 3 heteroatoms. The van der Waals surface area contributed by atoms with Crippen LogP contribution >= 0.6 is 0 Å². The summed E-state index contributed by atoms with van der Waals surface area (Å²) in [5, 5.41) is 1.41. The number of aromatic nitrogens is 1. The number of nitrogens with zero attached hydrogens (tertiary/aromatic N) is 2. The van der Waals surface area contributed by atoms with Crippen LogP contribution in [0.2, 0.25) is 0 Å². The summed E-state index contributed by atoms with van der Waals surface area (Å²) in [4.78, 5) is 8.40. The van der Waals surface area contributed by atoms with Gasteiger partial charge in [0.05, 0.1) is 0 Å². The van der Waals surface area contributed by atoms with E-state index in [1.165, 1.54) is 67.6 Å². The van der Waals surface area contributed by atoms with Crippen LogP contribution in [0.25, 0.3) is 10.9 Å². The smallest absolute Gasteiger partial charge is 0.0456 e. The van der Waals surface area contributed by atoms with Gasteiger partial charge in [-0.05, 0) is 51.1 Å². The van der Waals surface area contributed by atoms with Crippen molar-refractivity contribution in [3.05, 3.63) is 35.5 Å². The molecule has 2 aromatic rings. The molecule has 0 spiro atoms. The standard InChI is InChI=1S/C17H25N3/c1-14-5-6-17-16(12-14)15(13-18-17)4-3-7-20-10-8-19(2)9-11-20/h5-6,12-13,18H,3-4,7-11H2,1-2H3. The van der Waals surface area contributed by atoms with E-state index in [4.69, 9.17) is 0 Å². The molecular weight excluding hydrogens is 246 g/mol. The Hall–Kier alpha value is -1.32. The van der Waals surface area contributed by atoms with E-state index >= 15 is 0 Å². The molecule has 1 saturated heterocycles. The molecule has 0 bridgehead atoms. The maximum atomic E-state index is 3.39. The van der Waals surface area contributed by atoms with Gasteiger partial charge in [-0.25, -0.2) is 0 Å². The maximum Gasteiger partial charge on any atom is 0.0456 e. The first-order chi connectivity index (χ1) is 9.72. The number of piperazine rings is 1. The number of likely N-dealkylation sites (N-methyl/N-ethyl adjacent to an activating group) is 1. The predicted octanol–water partition coefficient (Wildman–Crippen LogP) is 2.66. The second-order valence-corrected chi connectivity index (χ2v) is 6.11. The minimum Gasteiger partial charge on any atom is -0.361 e. The van der Waals surface area contributed by atoms with Crippen LogP contribution in [-0.2, 0) is 6.42 Å². The Balaban J connectivity index is 1.56. The zero-order valence-electron chi connectivity index (χ0n) is 12.7. The summed E-state index contributed by atoms with van der Waals surface area (Å²) in [6.07, 6.45) is 4.62. The highest BCUT2D eigenvalue weighted by atomic mass is 15.2. The lowest BCUT2D eigenvalue weighted by Gasteiger charge is -2.32. The molecule has 1 aliphatic rings. The number of hydrogen-bond donors (Lipinski definition) is 1. The van der Waals surface area contributed by atoms with Gasteiger partial charge in [0.2, 0.25) is 0 Å². The Labute approximate surface area is 121 Å². The average Bonchev–Trinajstić information content (AvgIpc) is 2.84. The summed E-state index contributed by atoms with van der Waals surface area (Å²) >= 11 is 0. The molecule has 1 aromatic carbocycles. The van der Waals surface area contributed by atoms with Crippen LogP contribution in [-0.4, -0.2) is 54.6 Å². The molecule has 0 amide bonds. The Morgan fingerprint density at radius 3 is 2.75 bits per heavy atom. The highest BCUT2D eigenvalue weighted by Crippen LogP contribution is 2.21. The highest BCUT2D eigenvalue weighted by Gasteiger charge is 2.13. The van der Waals surface area contributed by atoms with Crippen molar-refractivity contribution in [2.75, 3.05) is 39.8 Å². The lowest BCUT2D eigenvalue weighted by atomic mass is 10.1. The van der Waals surface area contributed by atoms with Crippen molar-refractivity contribution >= 4 is 10.9 Å². The van der Waals surface area contributed by atoms with E-state index < -0.39 is 0 Å². The Bertz CT molecular complexity index is 565. The fourth-order valence-electron chi connectivity index (χ4n) is 3.06. The molecule has 108 valence electrons. The summed E-state index contributed by atoms with van der Waals surface area (Å²) < 4.78 is 0. The summed E-state index contributed by atoms with van der Waals surface area (Å²) in [5.41, 5.74) is 4.08. The van der Waals surface area contributed by atoms with Crippen LogP contribution in [0.15, 0.2) is 24.4 Å². The van der Waals surface area contributed by atoms with E-state index in [1.54, 1.807) is 0 Å². The van der Waals surface area contributed by atoms with Crippen molar-refractivity contribution < 1.29 is 0 Å². The monoisotopic (exact) mass is 271 g/mol. The van der Waals surface area contributed by atoms with Gasteiger partial charge in [-0.15, -0.1) is 0 Å². The van der Waals surface area contributed by atoms with Crippen LogP contribution in [0.4, 0.5) is 0 Å².